The van der Waals surface area contributed by atoms with E-state index in [1.807, 2.05) is 0 Å². The number of allylic oxidation sites excluding steroid dienone is 1. The minimum atomic E-state index is 0.726. The smallest absolute Gasteiger partial charge is 0.202 e. The highest BCUT2D eigenvalue weighted by Crippen LogP contribution is 1.66. The van der Waals surface area contributed by atoms with E-state index in [2.05, 4.69) is 6.58 Å². The molecule has 0 aliphatic heterocycles. The van der Waals surface area contributed by atoms with Crippen LogP contribution in [-0.2, 0) is 0 Å². The molecule has 28 valence electrons. The molecule has 5 heavy (non-hydrogen) atoms. The number of rotatable bonds is 2. The van der Waals surface area contributed by atoms with E-state index in [0.29, 0.717) is 0 Å². The summed E-state index contributed by atoms with van der Waals surface area (Å²) < 4.78 is 0. The zero-order valence-corrected chi connectivity index (χ0v) is 3.28. The molecule has 0 saturated heterocycles. The van der Waals surface area contributed by atoms with Crippen molar-refractivity contribution in [3.63, 3.8) is 0 Å². The summed E-state index contributed by atoms with van der Waals surface area (Å²) in [5.74, 6) is 0. The standard InChI is InChI=1S/C3H8BN/c1-2-3-4-5/h2,4H,1,3,5H2. The van der Waals surface area contributed by atoms with Gasteiger partial charge < -0.3 is 5.64 Å². The Balaban J connectivity index is 2.40. The molecule has 0 aromatic carbocycles. The molecule has 0 atom stereocenters. The average Bonchev–Trinajstić information content (AvgIpc) is 1.41. The molecule has 0 heterocycles. The molecular formula is C3H8BN. The number of nitrogens with two attached hydrogens (primary N) is 1. The second-order valence-corrected chi connectivity index (χ2v) is 0.866. The fourth-order valence-electron chi connectivity index (χ4n) is 0.118. The van der Waals surface area contributed by atoms with Gasteiger partial charge in [-0.15, -0.1) is 6.58 Å². The first kappa shape index (κ1) is 4.76. The number of hydrogen-bond donors (Lipinski definition) is 1. The van der Waals surface area contributed by atoms with Crippen LogP contribution < -0.4 is 5.64 Å². The first-order chi connectivity index (χ1) is 2.41. The van der Waals surface area contributed by atoms with E-state index < -0.39 is 0 Å². The maximum Gasteiger partial charge on any atom is 0.202 e. The fourth-order valence-corrected chi connectivity index (χ4v) is 0.118. The minimum absolute atomic E-state index is 0.726. The van der Waals surface area contributed by atoms with Crippen LogP contribution in [0.4, 0.5) is 0 Å². The van der Waals surface area contributed by atoms with Crippen LogP contribution in [-0.4, -0.2) is 7.41 Å². The molecule has 0 radical (unpaired) electrons. The molecular weight excluding hydrogens is 60.9 g/mol. The third kappa shape index (κ3) is 3.76. The third-order valence-electron chi connectivity index (χ3n) is 0.371. The van der Waals surface area contributed by atoms with Crippen LogP contribution in [0.2, 0.25) is 6.32 Å². The highest BCUT2D eigenvalue weighted by molar-refractivity contribution is 6.31. The second-order valence-electron chi connectivity index (χ2n) is 0.866. The van der Waals surface area contributed by atoms with E-state index in [0.717, 1.165) is 13.7 Å². The third-order valence-corrected chi connectivity index (χ3v) is 0.371. The predicted molar refractivity (Wildman–Crippen MR) is 26.3 cm³/mol. The van der Waals surface area contributed by atoms with Gasteiger partial charge in [-0.1, -0.05) is 6.08 Å². The topological polar surface area (TPSA) is 26.0 Å². The highest BCUT2D eigenvalue weighted by Gasteiger charge is 1.66. The van der Waals surface area contributed by atoms with Gasteiger partial charge in [-0.3, -0.25) is 0 Å². The van der Waals surface area contributed by atoms with Crippen molar-refractivity contribution in [2.45, 2.75) is 6.32 Å². The summed E-state index contributed by atoms with van der Waals surface area (Å²) in [6.07, 6.45) is 2.74. The summed E-state index contributed by atoms with van der Waals surface area (Å²) >= 11 is 0. The van der Waals surface area contributed by atoms with Crippen molar-refractivity contribution in [2.24, 2.45) is 5.64 Å². The normalized spacial score (nSPS) is 6.60. The molecule has 0 amide bonds. The lowest BCUT2D eigenvalue weighted by atomic mass is 9.92. The molecule has 0 aromatic rings. The predicted octanol–water partition coefficient (Wildman–Crippen LogP) is -0.0991. The van der Waals surface area contributed by atoms with Crippen LogP contribution in [0, 0.1) is 0 Å². The monoisotopic (exact) mass is 69.1 g/mol. The Hall–Kier alpha value is -0.235. The second kappa shape index (κ2) is 3.76. The van der Waals surface area contributed by atoms with Crippen LogP contribution >= 0.6 is 0 Å². The Bertz CT molecular complexity index is 28.1. The SMILES string of the molecule is C=CCBN. The Morgan fingerprint density at radius 1 is 2.00 bits per heavy atom. The van der Waals surface area contributed by atoms with E-state index in [-0.39, 0.29) is 0 Å². The van der Waals surface area contributed by atoms with Crippen molar-refractivity contribution >= 4 is 7.41 Å². The first-order valence-electron chi connectivity index (χ1n) is 1.72. The molecule has 0 unspecified atom stereocenters. The molecule has 2 N–H and O–H groups in total. The maximum absolute atomic E-state index is 5.07. The van der Waals surface area contributed by atoms with Crippen molar-refractivity contribution in [3.8, 4) is 0 Å². The lowest BCUT2D eigenvalue weighted by Gasteiger charge is -1.70. The summed E-state index contributed by atoms with van der Waals surface area (Å²) in [4.78, 5) is 0. The molecule has 0 aromatic heterocycles. The van der Waals surface area contributed by atoms with Gasteiger partial charge in [-0.25, -0.2) is 0 Å². The van der Waals surface area contributed by atoms with Gasteiger partial charge in [-0.2, -0.15) is 0 Å². The molecule has 0 bridgehead atoms. The van der Waals surface area contributed by atoms with Crippen LogP contribution in [0.25, 0.3) is 0 Å². The molecule has 1 nitrogen and oxygen atoms in total. The summed E-state index contributed by atoms with van der Waals surface area (Å²) in [5, 5.41) is 0. The van der Waals surface area contributed by atoms with Crippen molar-refractivity contribution in [1.82, 2.24) is 0 Å². The van der Waals surface area contributed by atoms with Crippen molar-refractivity contribution in [1.29, 1.82) is 0 Å². The summed E-state index contributed by atoms with van der Waals surface area (Å²) in [5.41, 5.74) is 5.07. The summed E-state index contributed by atoms with van der Waals surface area (Å²) in [6.45, 7) is 3.47. The van der Waals surface area contributed by atoms with Gasteiger partial charge in [0.1, 0.15) is 0 Å². The van der Waals surface area contributed by atoms with Crippen molar-refractivity contribution < 1.29 is 0 Å². The summed E-state index contributed by atoms with van der Waals surface area (Å²) in [6, 6.07) is 0. The minimum Gasteiger partial charge on any atom is -0.373 e. The zero-order chi connectivity index (χ0) is 4.12. The molecule has 0 saturated carbocycles. The van der Waals surface area contributed by atoms with Crippen molar-refractivity contribution in [2.75, 3.05) is 0 Å². The van der Waals surface area contributed by atoms with Gasteiger partial charge in [0.05, 0.1) is 0 Å². The van der Waals surface area contributed by atoms with E-state index in [1.165, 1.54) is 0 Å². The van der Waals surface area contributed by atoms with Gasteiger partial charge in [0.15, 0.2) is 0 Å². The molecule has 0 spiro atoms. The molecule has 0 aliphatic carbocycles. The van der Waals surface area contributed by atoms with E-state index in [9.17, 15) is 0 Å². The average molecular weight is 68.9 g/mol. The molecule has 0 fully saturated rings. The first-order valence-corrected chi connectivity index (χ1v) is 1.72. The van der Waals surface area contributed by atoms with E-state index in [4.69, 9.17) is 5.64 Å². The fraction of sp³-hybridized carbons (Fsp3) is 0.333. The lowest BCUT2D eigenvalue weighted by Crippen LogP contribution is -2.00. The quantitative estimate of drug-likeness (QED) is 0.355. The van der Waals surface area contributed by atoms with Gasteiger partial charge in [0, 0.05) is 0 Å². The van der Waals surface area contributed by atoms with Gasteiger partial charge in [-0.05, 0) is 6.32 Å². The maximum atomic E-state index is 5.07. The Labute approximate surface area is 33.1 Å². The van der Waals surface area contributed by atoms with Crippen molar-refractivity contribution in [3.05, 3.63) is 12.7 Å². The number of hydrogen-bond acceptors (Lipinski definition) is 1. The Morgan fingerprint density at radius 2 is 2.60 bits per heavy atom. The Morgan fingerprint density at radius 3 is 2.60 bits per heavy atom. The largest absolute Gasteiger partial charge is 0.373 e. The molecule has 0 rings (SSSR count). The van der Waals surface area contributed by atoms with Gasteiger partial charge in [0.25, 0.3) is 0 Å². The van der Waals surface area contributed by atoms with E-state index >= 15 is 0 Å². The van der Waals surface area contributed by atoms with Crippen LogP contribution in [0.5, 0.6) is 0 Å². The highest BCUT2D eigenvalue weighted by atomic mass is 14.3. The van der Waals surface area contributed by atoms with Gasteiger partial charge in [0.2, 0.25) is 7.41 Å². The summed E-state index contributed by atoms with van der Waals surface area (Å²) in [7, 11) is 0.726. The van der Waals surface area contributed by atoms with Gasteiger partial charge >= 0.3 is 0 Å². The zero-order valence-electron chi connectivity index (χ0n) is 3.28. The lowest BCUT2D eigenvalue weighted by molar-refractivity contribution is 1.66. The molecule has 0 aliphatic rings. The van der Waals surface area contributed by atoms with E-state index in [1.54, 1.807) is 6.08 Å². The molecule has 2 heteroatoms. The van der Waals surface area contributed by atoms with Crippen LogP contribution in [0.1, 0.15) is 0 Å². The van der Waals surface area contributed by atoms with Crippen LogP contribution in [0.15, 0.2) is 12.7 Å². The Kier molecular flexibility index (Phi) is 3.59. The van der Waals surface area contributed by atoms with Crippen LogP contribution in [0.3, 0.4) is 0 Å².